The number of aliphatic imine (C=N–C) groups is 1. The highest BCUT2D eigenvalue weighted by Gasteiger charge is 2.23. The van der Waals surface area contributed by atoms with E-state index >= 15 is 0 Å². The Labute approximate surface area is 205 Å². The molecule has 1 aromatic rings. The molecule has 2 heterocycles. The molecule has 0 atom stereocenters. The second-order valence-electron chi connectivity index (χ2n) is 8.81. The van der Waals surface area contributed by atoms with Crippen LogP contribution >= 0.6 is 35.6 Å². The van der Waals surface area contributed by atoms with Gasteiger partial charge in [-0.1, -0.05) is 29.8 Å². The lowest BCUT2D eigenvalue weighted by molar-refractivity contribution is 0.166. The summed E-state index contributed by atoms with van der Waals surface area (Å²) in [7, 11) is 1.88. The molecule has 0 aromatic heterocycles. The van der Waals surface area contributed by atoms with Crippen molar-refractivity contribution in [1.29, 1.82) is 0 Å². The maximum Gasteiger partial charge on any atom is 0.191 e. The number of rotatable bonds is 6. The van der Waals surface area contributed by atoms with Gasteiger partial charge in [-0.15, -0.1) is 24.0 Å². The zero-order valence-corrected chi connectivity index (χ0v) is 21.8. The van der Waals surface area contributed by atoms with E-state index in [4.69, 9.17) is 11.6 Å². The third-order valence-corrected chi connectivity index (χ3v) is 6.81. The molecule has 7 heteroatoms. The van der Waals surface area contributed by atoms with Gasteiger partial charge in [0, 0.05) is 50.3 Å². The number of piperidine rings is 2. The summed E-state index contributed by atoms with van der Waals surface area (Å²) in [5.74, 6) is 1.67. The van der Waals surface area contributed by atoms with Crippen LogP contribution in [0.1, 0.15) is 45.1 Å². The Morgan fingerprint density at radius 3 is 2.37 bits per heavy atom. The molecule has 2 saturated heterocycles. The van der Waals surface area contributed by atoms with Crippen LogP contribution in [0.25, 0.3) is 0 Å². The third-order valence-electron chi connectivity index (χ3n) is 6.44. The van der Waals surface area contributed by atoms with E-state index in [-0.39, 0.29) is 24.0 Å². The van der Waals surface area contributed by atoms with Gasteiger partial charge < -0.3 is 15.5 Å². The van der Waals surface area contributed by atoms with E-state index in [2.05, 4.69) is 51.4 Å². The average molecular weight is 548 g/mol. The summed E-state index contributed by atoms with van der Waals surface area (Å²) in [5, 5.41) is 8.10. The molecular formula is C23H39ClIN5. The molecule has 0 amide bonds. The van der Waals surface area contributed by atoms with Gasteiger partial charge in [-0.3, -0.25) is 9.89 Å². The molecule has 1 aromatic carbocycles. The molecule has 5 nitrogen and oxygen atoms in total. The minimum absolute atomic E-state index is 0. The number of nitrogens with one attached hydrogen (secondary N) is 2. The molecule has 2 N–H and O–H groups in total. The van der Waals surface area contributed by atoms with Gasteiger partial charge in [0.25, 0.3) is 0 Å². The summed E-state index contributed by atoms with van der Waals surface area (Å²) >= 11 is 6.32. The highest BCUT2D eigenvalue weighted by Crippen LogP contribution is 2.22. The predicted molar refractivity (Wildman–Crippen MR) is 139 cm³/mol. The molecule has 2 fully saturated rings. The van der Waals surface area contributed by atoms with Crippen molar-refractivity contribution in [3.63, 3.8) is 0 Å². The van der Waals surface area contributed by atoms with Gasteiger partial charge in [0.1, 0.15) is 0 Å². The maximum absolute atomic E-state index is 6.32. The standard InChI is InChI=1S/C23H38ClN5.HI/c1-18(2)29-14-10-21(11-15-29)27-23(25-3)26-16-19-8-12-28(13-9-19)17-20-6-4-5-7-22(20)24;/h4-7,18-19,21H,8-17H2,1-3H3,(H2,25,26,27);1H. The highest BCUT2D eigenvalue weighted by molar-refractivity contribution is 14.0. The minimum Gasteiger partial charge on any atom is -0.356 e. The van der Waals surface area contributed by atoms with Crippen molar-refractivity contribution in [3.8, 4) is 0 Å². The number of nitrogens with zero attached hydrogens (tertiary/aromatic N) is 3. The van der Waals surface area contributed by atoms with Crippen LogP contribution in [0.4, 0.5) is 0 Å². The van der Waals surface area contributed by atoms with Crippen LogP contribution in [-0.4, -0.2) is 67.6 Å². The van der Waals surface area contributed by atoms with Crippen LogP contribution in [0.5, 0.6) is 0 Å². The monoisotopic (exact) mass is 547 g/mol. The lowest BCUT2D eigenvalue weighted by Crippen LogP contribution is -2.50. The third kappa shape index (κ3) is 7.84. The molecule has 2 aliphatic heterocycles. The Bertz CT molecular complexity index is 653. The first-order valence-corrected chi connectivity index (χ1v) is 11.6. The van der Waals surface area contributed by atoms with Crippen LogP contribution in [-0.2, 0) is 6.54 Å². The summed E-state index contributed by atoms with van der Waals surface area (Å²) in [6.45, 7) is 11.2. The van der Waals surface area contributed by atoms with Gasteiger partial charge in [-0.25, -0.2) is 0 Å². The van der Waals surface area contributed by atoms with Gasteiger partial charge in [0.05, 0.1) is 0 Å². The Balaban J connectivity index is 0.00000320. The number of likely N-dealkylation sites (tertiary alicyclic amines) is 2. The fraction of sp³-hybridized carbons (Fsp3) is 0.696. The Hall–Kier alpha value is -0.570. The SMILES string of the molecule is CN=C(NCC1CCN(Cc2ccccc2Cl)CC1)NC1CCN(C(C)C)CC1.I. The van der Waals surface area contributed by atoms with Crippen LogP contribution < -0.4 is 10.6 Å². The molecule has 0 unspecified atom stereocenters. The van der Waals surface area contributed by atoms with Crippen molar-refractivity contribution in [2.24, 2.45) is 10.9 Å². The number of hydrogen-bond donors (Lipinski definition) is 2. The molecule has 170 valence electrons. The van der Waals surface area contributed by atoms with Crippen molar-refractivity contribution in [1.82, 2.24) is 20.4 Å². The first-order valence-electron chi connectivity index (χ1n) is 11.2. The van der Waals surface area contributed by atoms with E-state index in [0.29, 0.717) is 18.0 Å². The van der Waals surface area contributed by atoms with E-state index in [1.165, 1.54) is 44.3 Å². The normalized spacial score (nSPS) is 20.2. The first kappa shape index (κ1) is 25.7. The van der Waals surface area contributed by atoms with E-state index in [9.17, 15) is 0 Å². The van der Waals surface area contributed by atoms with Crippen molar-refractivity contribution in [2.75, 3.05) is 39.8 Å². The smallest absolute Gasteiger partial charge is 0.191 e. The Morgan fingerprint density at radius 1 is 1.10 bits per heavy atom. The van der Waals surface area contributed by atoms with E-state index in [1.807, 2.05) is 19.2 Å². The second-order valence-corrected chi connectivity index (χ2v) is 9.22. The summed E-state index contributed by atoms with van der Waals surface area (Å²) in [5.41, 5.74) is 1.24. The molecule has 0 bridgehead atoms. The molecule has 3 rings (SSSR count). The summed E-state index contributed by atoms with van der Waals surface area (Å²) in [6, 6.07) is 9.38. The molecule has 30 heavy (non-hydrogen) atoms. The second kappa shape index (κ2) is 13.1. The number of halogens is 2. The maximum atomic E-state index is 6.32. The van der Waals surface area contributed by atoms with Crippen LogP contribution in [0.3, 0.4) is 0 Å². The van der Waals surface area contributed by atoms with Crippen molar-refractivity contribution in [3.05, 3.63) is 34.9 Å². The Morgan fingerprint density at radius 2 is 1.77 bits per heavy atom. The summed E-state index contributed by atoms with van der Waals surface area (Å²) in [4.78, 5) is 9.54. The molecule has 0 aliphatic carbocycles. The van der Waals surface area contributed by atoms with Crippen molar-refractivity contribution < 1.29 is 0 Å². The van der Waals surface area contributed by atoms with Crippen molar-refractivity contribution >= 4 is 41.5 Å². The molecule has 0 saturated carbocycles. The lowest BCUT2D eigenvalue weighted by Gasteiger charge is -2.36. The van der Waals surface area contributed by atoms with Gasteiger partial charge in [0.2, 0.25) is 0 Å². The topological polar surface area (TPSA) is 42.9 Å². The van der Waals surface area contributed by atoms with E-state index in [1.54, 1.807) is 0 Å². The summed E-state index contributed by atoms with van der Waals surface area (Å²) in [6.07, 6.45) is 4.83. The highest BCUT2D eigenvalue weighted by atomic mass is 127. The first-order chi connectivity index (χ1) is 14.0. The zero-order valence-electron chi connectivity index (χ0n) is 18.7. The van der Waals surface area contributed by atoms with Crippen LogP contribution in [0.2, 0.25) is 5.02 Å². The number of benzene rings is 1. The van der Waals surface area contributed by atoms with Gasteiger partial charge in [0.15, 0.2) is 5.96 Å². The molecule has 0 spiro atoms. The lowest BCUT2D eigenvalue weighted by atomic mass is 9.96. The summed E-state index contributed by atoms with van der Waals surface area (Å²) < 4.78 is 0. The average Bonchev–Trinajstić information content (AvgIpc) is 2.74. The molecule has 2 aliphatic rings. The van der Waals surface area contributed by atoms with Gasteiger partial charge in [-0.05, 0) is 70.2 Å². The largest absolute Gasteiger partial charge is 0.356 e. The van der Waals surface area contributed by atoms with Crippen LogP contribution in [0, 0.1) is 5.92 Å². The van der Waals surface area contributed by atoms with Crippen molar-refractivity contribution in [2.45, 2.75) is 58.2 Å². The molecule has 0 radical (unpaired) electrons. The van der Waals surface area contributed by atoms with E-state index < -0.39 is 0 Å². The number of guanidine groups is 1. The zero-order chi connectivity index (χ0) is 20.6. The quantitative estimate of drug-likeness (QED) is 0.318. The fourth-order valence-electron chi connectivity index (χ4n) is 4.41. The fourth-order valence-corrected chi connectivity index (χ4v) is 4.60. The molecular weight excluding hydrogens is 509 g/mol. The van der Waals surface area contributed by atoms with Crippen LogP contribution in [0.15, 0.2) is 29.3 Å². The minimum atomic E-state index is 0. The van der Waals surface area contributed by atoms with E-state index in [0.717, 1.165) is 37.2 Å². The van der Waals surface area contributed by atoms with Gasteiger partial charge in [-0.2, -0.15) is 0 Å². The number of hydrogen-bond acceptors (Lipinski definition) is 3. The van der Waals surface area contributed by atoms with Gasteiger partial charge >= 0.3 is 0 Å². The Kier molecular flexibility index (Phi) is 11.2. The predicted octanol–water partition coefficient (Wildman–Crippen LogP) is 4.21.